The minimum absolute atomic E-state index is 0.0369. The third-order valence-corrected chi connectivity index (χ3v) is 6.12. The van der Waals surface area contributed by atoms with Crippen LogP contribution in [0.1, 0.15) is 22.8 Å². The van der Waals surface area contributed by atoms with E-state index in [4.69, 9.17) is 27.9 Å². The van der Waals surface area contributed by atoms with Crippen molar-refractivity contribution in [2.75, 3.05) is 12.4 Å². The average molecular weight is 551 g/mol. The predicted octanol–water partition coefficient (Wildman–Crippen LogP) is 6.31. The Morgan fingerprint density at radius 3 is 2.35 bits per heavy atom. The third kappa shape index (κ3) is 5.21. The maximum atomic E-state index is 13.2. The molecule has 37 heavy (non-hydrogen) atoms. The van der Waals surface area contributed by atoms with Crippen LogP contribution in [0.3, 0.4) is 0 Å². The summed E-state index contributed by atoms with van der Waals surface area (Å²) in [5.74, 6) is -0.358. The van der Waals surface area contributed by atoms with Gasteiger partial charge in [0.15, 0.2) is 5.82 Å². The highest BCUT2D eigenvalue weighted by atomic mass is 35.5. The summed E-state index contributed by atoms with van der Waals surface area (Å²) < 4.78 is 46.9. The van der Waals surface area contributed by atoms with E-state index >= 15 is 0 Å². The molecule has 12 heteroatoms. The number of ether oxygens (including phenoxy) is 1. The van der Waals surface area contributed by atoms with Gasteiger partial charge in [-0.15, -0.1) is 5.10 Å². The van der Waals surface area contributed by atoms with Gasteiger partial charge in [-0.2, -0.15) is 17.9 Å². The Balaban J connectivity index is 1.71. The molecule has 0 aliphatic rings. The predicted molar refractivity (Wildman–Crippen MR) is 135 cm³/mol. The number of carbonyl (C=O) groups is 1. The molecule has 0 unspecified atom stereocenters. The van der Waals surface area contributed by atoms with Crippen LogP contribution in [0.2, 0.25) is 10.0 Å². The number of benzene rings is 3. The Morgan fingerprint density at radius 1 is 1.05 bits per heavy atom. The van der Waals surface area contributed by atoms with Crippen molar-refractivity contribution in [2.45, 2.75) is 19.6 Å². The van der Waals surface area contributed by atoms with Crippen LogP contribution in [0.4, 0.5) is 18.9 Å². The van der Waals surface area contributed by atoms with Crippen molar-refractivity contribution in [3.63, 3.8) is 0 Å². The fourth-order valence-electron chi connectivity index (χ4n) is 3.72. The Kier molecular flexibility index (Phi) is 7.33. The average Bonchev–Trinajstić information content (AvgIpc) is 3.18. The molecule has 4 aromatic rings. The van der Waals surface area contributed by atoms with Crippen molar-refractivity contribution in [1.82, 2.24) is 14.3 Å². The first-order valence-corrected chi connectivity index (χ1v) is 11.6. The number of alkyl halides is 3. The van der Waals surface area contributed by atoms with E-state index in [1.807, 2.05) is 0 Å². The number of aromatic nitrogens is 3. The lowest BCUT2D eigenvalue weighted by Gasteiger charge is -2.12. The van der Waals surface area contributed by atoms with Gasteiger partial charge in [0.1, 0.15) is 5.75 Å². The standard InChI is InChI=1S/C25H19Cl2F3N4O3/c1-3-33-22(21-18(26)8-5-9-19(21)27)32-34(24(33)36)16-10-11-17(20(13-16)37-2)23(35)31-15-7-4-6-14(12-15)25(28,29)30/h4-13H,3H2,1-2H3,(H,31,35). The van der Waals surface area contributed by atoms with Crippen LogP contribution in [0.5, 0.6) is 5.75 Å². The lowest BCUT2D eigenvalue weighted by atomic mass is 10.1. The van der Waals surface area contributed by atoms with Crippen LogP contribution < -0.4 is 15.7 Å². The van der Waals surface area contributed by atoms with Crippen molar-refractivity contribution in [3.05, 3.63) is 92.3 Å². The van der Waals surface area contributed by atoms with Gasteiger partial charge in [0.2, 0.25) is 0 Å². The fraction of sp³-hybridized carbons (Fsp3) is 0.160. The molecule has 0 spiro atoms. The van der Waals surface area contributed by atoms with Gasteiger partial charge in [-0.05, 0) is 49.4 Å². The van der Waals surface area contributed by atoms with Crippen LogP contribution in [0.15, 0.2) is 65.5 Å². The smallest absolute Gasteiger partial charge is 0.416 e. The molecular weight excluding hydrogens is 532 g/mol. The number of methoxy groups -OCH3 is 1. The molecule has 0 bridgehead atoms. The molecule has 1 heterocycles. The monoisotopic (exact) mass is 550 g/mol. The van der Waals surface area contributed by atoms with E-state index in [0.29, 0.717) is 15.6 Å². The molecule has 7 nitrogen and oxygen atoms in total. The van der Waals surface area contributed by atoms with Crippen molar-refractivity contribution < 1.29 is 22.7 Å². The topological polar surface area (TPSA) is 78.2 Å². The number of rotatable bonds is 6. The summed E-state index contributed by atoms with van der Waals surface area (Å²) in [6, 6.07) is 13.5. The van der Waals surface area contributed by atoms with Crippen molar-refractivity contribution in [2.24, 2.45) is 0 Å². The largest absolute Gasteiger partial charge is 0.496 e. The molecular formula is C25H19Cl2F3N4O3. The third-order valence-electron chi connectivity index (χ3n) is 5.49. The number of hydrogen-bond donors (Lipinski definition) is 1. The molecule has 1 amide bonds. The first-order chi connectivity index (χ1) is 17.5. The molecule has 0 saturated carbocycles. The highest BCUT2D eigenvalue weighted by Crippen LogP contribution is 2.34. The molecule has 0 fully saturated rings. The highest BCUT2D eigenvalue weighted by Gasteiger charge is 2.30. The molecule has 1 N–H and O–H groups in total. The Labute approximate surface area is 219 Å². The zero-order valence-corrected chi connectivity index (χ0v) is 20.9. The van der Waals surface area contributed by atoms with E-state index in [0.717, 1.165) is 16.8 Å². The van der Waals surface area contributed by atoms with E-state index < -0.39 is 23.3 Å². The number of halogens is 5. The van der Waals surface area contributed by atoms with Gasteiger partial charge in [0.05, 0.1) is 39.5 Å². The second-order valence-corrected chi connectivity index (χ2v) is 8.59. The zero-order chi connectivity index (χ0) is 26.9. The molecule has 0 radical (unpaired) electrons. The molecule has 4 rings (SSSR count). The highest BCUT2D eigenvalue weighted by molar-refractivity contribution is 6.39. The number of amides is 1. The van der Waals surface area contributed by atoms with Gasteiger partial charge in [-0.25, -0.2) is 4.79 Å². The number of anilines is 1. The van der Waals surface area contributed by atoms with Crippen molar-refractivity contribution >= 4 is 34.8 Å². The maximum Gasteiger partial charge on any atom is 0.416 e. The number of carbonyl (C=O) groups excluding carboxylic acids is 1. The summed E-state index contributed by atoms with van der Waals surface area (Å²) in [6.07, 6.45) is -4.55. The Hall–Kier alpha value is -3.76. The van der Waals surface area contributed by atoms with Gasteiger partial charge in [0, 0.05) is 18.3 Å². The van der Waals surface area contributed by atoms with Crippen LogP contribution in [0, 0.1) is 0 Å². The van der Waals surface area contributed by atoms with Crippen molar-refractivity contribution in [3.8, 4) is 22.8 Å². The SMILES string of the molecule is CCn1c(-c2c(Cl)cccc2Cl)nn(-c2ccc(C(=O)Nc3cccc(C(F)(F)F)c3)c(OC)c2)c1=O. The summed E-state index contributed by atoms with van der Waals surface area (Å²) in [5, 5.41) is 7.50. The van der Waals surface area contributed by atoms with Crippen molar-refractivity contribution in [1.29, 1.82) is 0 Å². The maximum absolute atomic E-state index is 13.2. The fourth-order valence-corrected chi connectivity index (χ4v) is 4.28. The summed E-state index contributed by atoms with van der Waals surface area (Å²) in [5.41, 5.74) is -0.683. The Morgan fingerprint density at radius 2 is 1.73 bits per heavy atom. The molecule has 0 aliphatic heterocycles. The lowest BCUT2D eigenvalue weighted by molar-refractivity contribution is -0.137. The molecule has 0 aliphatic carbocycles. The first kappa shape index (κ1) is 26.3. The summed E-state index contributed by atoms with van der Waals surface area (Å²) in [6.45, 7) is 2.05. The molecule has 192 valence electrons. The quantitative estimate of drug-likeness (QED) is 0.305. The lowest BCUT2D eigenvalue weighted by Crippen LogP contribution is -2.23. The second kappa shape index (κ2) is 10.3. The summed E-state index contributed by atoms with van der Waals surface area (Å²) in [4.78, 5) is 26.0. The van der Waals surface area contributed by atoms with E-state index in [-0.39, 0.29) is 35.1 Å². The number of hydrogen-bond acceptors (Lipinski definition) is 4. The molecule has 0 saturated heterocycles. The zero-order valence-electron chi connectivity index (χ0n) is 19.4. The van der Waals surface area contributed by atoms with E-state index in [9.17, 15) is 22.8 Å². The van der Waals surface area contributed by atoms with E-state index in [1.165, 1.54) is 42.0 Å². The normalized spacial score (nSPS) is 11.4. The summed E-state index contributed by atoms with van der Waals surface area (Å²) >= 11 is 12.7. The van der Waals surface area contributed by atoms with Crippen LogP contribution >= 0.6 is 23.2 Å². The van der Waals surface area contributed by atoms with Gasteiger partial charge in [-0.1, -0.05) is 35.3 Å². The number of nitrogens with one attached hydrogen (secondary N) is 1. The van der Waals surface area contributed by atoms with Crippen LogP contribution in [-0.2, 0) is 12.7 Å². The van der Waals surface area contributed by atoms with Gasteiger partial charge in [0.25, 0.3) is 5.91 Å². The minimum Gasteiger partial charge on any atom is -0.496 e. The molecule has 0 atom stereocenters. The molecule has 1 aromatic heterocycles. The van der Waals surface area contributed by atoms with Gasteiger partial charge < -0.3 is 10.1 Å². The summed E-state index contributed by atoms with van der Waals surface area (Å²) in [7, 11) is 1.32. The van der Waals surface area contributed by atoms with Gasteiger partial charge >= 0.3 is 11.9 Å². The molecule has 3 aromatic carbocycles. The van der Waals surface area contributed by atoms with Crippen LogP contribution in [-0.4, -0.2) is 27.4 Å². The van der Waals surface area contributed by atoms with E-state index in [1.54, 1.807) is 25.1 Å². The minimum atomic E-state index is -4.55. The van der Waals surface area contributed by atoms with Gasteiger partial charge in [-0.3, -0.25) is 9.36 Å². The number of nitrogens with zero attached hydrogens (tertiary/aromatic N) is 3. The first-order valence-electron chi connectivity index (χ1n) is 10.9. The second-order valence-electron chi connectivity index (χ2n) is 7.78. The van der Waals surface area contributed by atoms with Crippen LogP contribution in [0.25, 0.3) is 17.1 Å². The van der Waals surface area contributed by atoms with E-state index in [2.05, 4.69) is 10.4 Å². The Bertz CT molecular complexity index is 1530.